The van der Waals surface area contributed by atoms with Crippen LogP contribution in [0, 0.1) is 13.8 Å². The van der Waals surface area contributed by atoms with Crippen molar-refractivity contribution in [2.75, 3.05) is 0 Å². The summed E-state index contributed by atoms with van der Waals surface area (Å²) in [4.78, 5) is 28.6. The van der Waals surface area contributed by atoms with E-state index >= 15 is 0 Å². The maximum Gasteiger partial charge on any atom is 0.335 e. The number of benzene rings is 2. The van der Waals surface area contributed by atoms with Gasteiger partial charge in [-0.05, 0) is 61.2 Å². The van der Waals surface area contributed by atoms with Crippen LogP contribution in [0.3, 0.4) is 0 Å². The first-order chi connectivity index (χ1) is 12.4. The Morgan fingerprint density at radius 2 is 2.00 bits per heavy atom. The van der Waals surface area contributed by atoms with Gasteiger partial charge in [-0.1, -0.05) is 23.8 Å². The van der Waals surface area contributed by atoms with E-state index < -0.39 is 5.97 Å². The van der Waals surface area contributed by atoms with Gasteiger partial charge in [-0.3, -0.25) is 9.36 Å². The molecule has 130 valence electrons. The largest absolute Gasteiger partial charge is 0.478 e. The Hall–Kier alpha value is -3.21. The van der Waals surface area contributed by atoms with Gasteiger partial charge in [-0.2, -0.15) is 0 Å². The molecule has 1 aliphatic rings. The summed E-state index contributed by atoms with van der Waals surface area (Å²) >= 11 is 0. The Bertz CT molecular complexity index is 1160. The summed E-state index contributed by atoms with van der Waals surface area (Å²) in [6.07, 6.45) is 2.84. The molecule has 3 aromatic rings. The molecule has 1 N–H and O–H groups in total. The minimum atomic E-state index is -1.05. The van der Waals surface area contributed by atoms with Crippen LogP contribution in [0.5, 0.6) is 0 Å². The molecule has 0 saturated heterocycles. The third-order valence-corrected chi connectivity index (χ3v) is 4.86. The van der Waals surface area contributed by atoms with Crippen LogP contribution in [0.25, 0.3) is 22.6 Å². The second-order valence-electron chi connectivity index (χ2n) is 6.71. The molecule has 1 aromatic heterocycles. The number of allylic oxidation sites excluding steroid dienone is 1. The average molecular weight is 346 g/mol. The van der Waals surface area contributed by atoms with Crippen molar-refractivity contribution in [1.29, 1.82) is 0 Å². The lowest BCUT2D eigenvalue weighted by atomic mass is 10.0. The minimum Gasteiger partial charge on any atom is -0.478 e. The van der Waals surface area contributed by atoms with Gasteiger partial charge in [0.05, 0.1) is 16.5 Å². The standard InChI is InChI=1S/C21H18N2O3/c1-12-3-4-13(2)16(9-12)10-14-7-8-23-19(14)22-18-6-5-15(21(25)26)11-17(18)20(23)24/h3-6,9-11H,7-8H2,1-2H3,(H,25,26). The van der Waals surface area contributed by atoms with Crippen molar-refractivity contribution in [3.63, 3.8) is 0 Å². The summed E-state index contributed by atoms with van der Waals surface area (Å²) in [6.45, 7) is 4.68. The smallest absolute Gasteiger partial charge is 0.335 e. The fourth-order valence-corrected chi connectivity index (χ4v) is 3.39. The monoisotopic (exact) mass is 346 g/mol. The van der Waals surface area contributed by atoms with Crippen LogP contribution in [0.15, 0.2) is 41.2 Å². The SMILES string of the molecule is Cc1ccc(C)c(C=C2CCn3c2nc2ccc(C(=O)O)cc2c3=O)c1. The number of aromatic nitrogens is 2. The summed E-state index contributed by atoms with van der Waals surface area (Å²) in [6, 6.07) is 10.8. The number of aryl methyl sites for hydroxylation is 2. The first-order valence-electron chi connectivity index (χ1n) is 8.50. The van der Waals surface area contributed by atoms with Crippen molar-refractivity contribution in [2.45, 2.75) is 26.8 Å². The van der Waals surface area contributed by atoms with Gasteiger partial charge in [0, 0.05) is 6.54 Å². The number of hydrogen-bond donors (Lipinski definition) is 1. The van der Waals surface area contributed by atoms with Crippen molar-refractivity contribution in [1.82, 2.24) is 9.55 Å². The molecule has 2 heterocycles. The number of rotatable bonds is 2. The molecule has 0 spiro atoms. The van der Waals surface area contributed by atoms with E-state index in [1.54, 1.807) is 10.6 Å². The number of carboxylic acids is 1. The highest BCUT2D eigenvalue weighted by atomic mass is 16.4. The molecule has 0 saturated carbocycles. The molecule has 4 rings (SSSR count). The molecule has 0 radical (unpaired) electrons. The Balaban J connectivity index is 1.90. The molecular formula is C21H18N2O3. The second-order valence-corrected chi connectivity index (χ2v) is 6.71. The third-order valence-electron chi connectivity index (χ3n) is 4.86. The minimum absolute atomic E-state index is 0.0982. The zero-order valence-electron chi connectivity index (χ0n) is 14.6. The summed E-state index contributed by atoms with van der Waals surface area (Å²) < 4.78 is 1.64. The van der Waals surface area contributed by atoms with Crippen molar-refractivity contribution < 1.29 is 9.90 Å². The van der Waals surface area contributed by atoms with Gasteiger partial charge < -0.3 is 5.11 Å². The average Bonchev–Trinajstić information content (AvgIpc) is 3.01. The predicted octanol–water partition coefficient (Wildman–Crippen LogP) is 3.66. The molecule has 5 nitrogen and oxygen atoms in total. The van der Waals surface area contributed by atoms with Crippen LogP contribution in [-0.4, -0.2) is 20.6 Å². The summed E-state index contributed by atoms with van der Waals surface area (Å²) in [5.41, 5.74) is 4.96. The van der Waals surface area contributed by atoms with E-state index in [1.165, 1.54) is 23.3 Å². The molecule has 0 atom stereocenters. The van der Waals surface area contributed by atoms with Crippen molar-refractivity contribution >= 4 is 28.5 Å². The summed E-state index contributed by atoms with van der Waals surface area (Å²) in [5, 5.41) is 9.49. The summed E-state index contributed by atoms with van der Waals surface area (Å²) in [7, 11) is 0. The molecule has 1 aliphatic heterocycles. The third kappa shape index (κ3) is 2.62. The molecule has 0 bridgehead atoms. The van der Waals surface area contributed by atoms with Crippen molar-refractivity contribution in [3.05, 3.63) is 74.8 Å². The Morgan fingerprint density at radius 3 is 2.77 bits per heavy atom. The van der Waals surface area contributed by atoms with Gasteiger partial charge in [0.25, 0.3) is 5.56 Å². The molecule has 0 fully saturated rings. The van der Waals surface area contributed by atoms with Crippen LogP contribution in [-0.2, 0) is 6.54 Å². The quantitative estimate of drug-likeness (QED) is 0.769. The van der Waals surface area contributed by atoms with Crippen LogP contribution >= 0.6 is 0 Å². The van der Waals surface area contributed by atoms with Gasteiger partial charge in [-0.25, -0.2) is 9.78 Å². The number of fused-ring (bicyclic) bond motifs is 2. The number of carbonyl (C=O) groups is 1. The van der Waals surface area contributed by atoms with E-state index in [9.17, 15) is 9.59 Å². The molecule has 0 amide bonds. The molecule has 2 aromatic carbocycles. The lowest BCUT2D eigenvalue weighted by molar-refractivity contribution is 0.0697. The molecular weight excluding hydrogens is 328 g/mol. The number of nitrogens with zero attached hydrogens (tertiary/aromatic N) is 2. The predicted molar refractivity (Wildman–Crippen MR) is 101 cm³/mol. The first-order valence-corrected chi connectivity index (χ1v) is 8.50. The highest BCUT2D eigenvalue weighted by molar-refractivity contribution is 5.93. The molecule has 0 aliphatic carbocycles. The van der Waals surface area contributed by atoms with E-state index in [0.717, 1.165) is 17.6 Å². The van der Waals surface area contributed by atoms with E-state index in [0.29, 0.717) is 23.3 Å². The van der Waals surface area contributed by atoms with Gasteiger partial charge in [0.1, 0.15) is 5.82 Å². The highest BCUT2D eigenvalue weighted by Crippen LogP contribution is 2.28. The summed E-state index contributed by atoms with van der Waals surface area (Å²) in [5.74, 6) is -0.376. The second kappa shape index (κ2) is 5.95. The maximum absolute atomic E-state index is 12.8. The Labute approximate surface area is 150 Å². The number of carboxylic acid groups (broad SMARTS) is 1. The Kier molecular flexibility index (Phi) is 3.72. The van der Waals surface area contributed by atoms with Gasteiger partial charge in [0.15, 0.2) is 0 Å². The van der Waals surface area contributed by atoms with Crippen LogP contribution in [0.4, 0.5) is 0 Å². The van der Waals surface area contributed by atoms with Gasteiger partial charge in [0.2, 0.25) is 0 Å². The highest BCUT2D eigenvalue weighted by Gasteiger charge is 2.21. The normalized spacial score (nSPS) is 14.8. The fraction of sp³-hybridized carbons (Fsp3) is 0.190. The van der Waals surface area contributed by atoms with E-state index in [4.69, 9.17) is 5.11 Å². The first kappa shape index (κ1) is 16.3. The molecule has 26 heavy (non-hydrogen) atoms. The van der Waals surface area contributed by atoms with Gasteiger partial charge >= 0.3 is 5.97 Å². The zero-order chi connectivity index (χ0) is 18.4. The van der Waals surface area contributed by atoms with Crippen LogP contribution in [0.2, 0.25) is 0 Å². The van der Waals surface area contributed by atoms with Crippen molar-refractivity contribution in [3.8, 4) is 0 Å². The fourth-order valence-electron chi connectivity index (χ4n) is 3.39. The topological polar surface area (TPSA) is 72.2 Å². The van der Waals surface area contributed by atoms with E-state index in [1.807, 2.05) is 0 Å². The van der Waals surface area contributed by atoms with E-state index in [2.05, 4.69) is 43.1 Å². The van der Waals surface area contributed by atoms with Crippen LogP contribution in [0.1, 0.15) is 39.3 Å². The lowest BCUT2D eigenvalue weighted by Gasteiger charge is -2.07. The number of hydrogen-bond acceptors (Lipinski definition) is 3. The van der Waals surface area contributed by atoms with Crippen LogP contribution < -0.4 is 5.56 Å². The molecule has 0 unspecified atom stereocenters. The van der Waals surface area contributed by atoms with E-state index in [-0.39, 0.29) is 11.1 Å². The van der Waals surface area contributed by atoms with Crippen molar-refractivity contribution in [2.24, 2.45) is 0 Å². The maximum atomic E-state index is 12.8. The molecule has 5 heteroatoms. The lowest BCUT2D eigenvalue weighted by Crippen LogP contribution is -2.21. The number of aromatic carboxylic acids is 1. The Morgan fingerprint density at radius 1 is 1.19 bits per heavy atom. The van der Waals surface area contributed by atoms with Gasteiger partial charge in [-0.15, -0.1) is 0 Å². The zero-order valence-corrected chi connectivity index (χ0v) is 14.6.